The van der Waals surface area contributed by atoms with E-state index in [1.807, 2.05) is 6.92 Å². The van der Waals surface area contributed by atoms with Crippen molar-refractivity contribution in [1.82, 2.24) is 5.32 Å². The highest BCUT2D eigenvalue weighted by atomic mass is 32.1. The maximum absolute atomic E-state index is 12.9. The summed E-state index contributed by atoms with van der Waals surface area (Å²) in [5.74, 6) is -1.16. The summed E-state index contributed by atoms with van der Waals surface area (Å²) in [6, 6.07) is 9.45. The van der Waals surface area contributed by atoms with Crippen LogP contribution in [0.3, 0.4) is 0 Å². The molecule has 0 bridgehead atoms. The molecule has 4 nitrogen and oxygen atoms in total. The predicted molar refractivity (Wildman–Crippen MR) is 87.9 cm³/mol. The van der Waals surface area contributed by atoms with Gasteiger partial charge in [-0.2, -0.15) is 0 Å². The van der Waals surface area contributed by atoms with Gasteiger partial charge in [0.05, 0.1) is 0 Å². The molecule has 1 amide bonds. The average Bonchev–Trinajstić information content (AvgIpc) is 3.03. The molecule has 0 radical (unpaired) electrons. The van der Waals surface area contributed by atoms with E-state index in [1.54, 1.807) is 24.3 Å². The molecule has 0 aliphatic heterocycles. The third-order valence-electron chi connectivity index (χ3n) is 3.14. The molecule has 0 spiro atoms. The van der Waals surface area contributed by atoms with Crippen molar-refractivity contribution in [3.05, 3.63) is 47.1 Å². The Balaban J connectivity index is 2.01. The zero-order chi connectivity index (χ0) is 16.8. The number of halogens is 1. The molecule has 2 rings (SSSR count). The number of benzene rings is 1. The molecule has 2 aromatic rings. The summed E-state index contributed by atoms with van der Waals surface area (Å²) in [7, 11) is 0. The second-order valence-electron chi connectivity index (χ2n) is 5.01. The number of esters is 1. The van der Waals surface area contributed by atoms with Crippen molar-refractivity contribution in [2.24, 2.45) is 0 Å². The van der Waals surface area contributed by atoms with E-state index < -0.39 is 12.1 Å². The number of thiophene rings is 1. The molecule has 1 aromatic heterocycles. The van der Waals surface area contributed by atoms with E-state index in [2.05, 4.69) is 5.32 Å². The highest BCUT2D eigenvalue weighted by molar-refractivity contribution is 7.17. The summed E-state index contributed by atoms with van der Waals surface area (Å²) >= 11 is 1.24. The van der Waals surface area contributed by atoms with Crippen molar-refractivity contribution >= 4 is 23.2 Å². The second-order valence-corrected chi connectivity index (χ2v) is 6.09. The summed E-state index contributed by atoms with van der Waals surface area (Å²) in [5, 5.41) is 2.68. The van der Waals surface area contributed by atoms with Gasteiger partial charge in [0.15, 0.2) is 6.10 Å². The number of nitrogens with one attached hydrogen (secondary N) is 1. The summed E-state index contributed by atoms with van der Waals surface area (Å²) in [4.78, 5) is 25.0. The van der Waals surface area contributed by atoms with Gasteiger partial charge >= 0.3 is 5.97 Å². The monoisotopic (exact) mass is 335 g/mol. The molecule has 23 heavy (non-hydrogen) atoms. The van der Waals surface area contributed by atoms with Gasteiger partial charge in [-0.25, -0.2) is 9.18 Å². The lowest BCUT2D eigenvalue weighted by atomic mass is 10.2. The van der Waals surface area contributed by atoms with Crippen LogP contribution in [0.5, 0.6) is 0 Å². The van der Waals surface area contributed by atoms with Crippen LogP contribution in [0.25, 0.3) is 10.4 Å². The third-order valence-corrected chi connectivity index (χ3v) is 4.25. The standard InChI is InChI=1S/C17H18FNO3S/c1-3-10-19-16(20)11(2)22-17(21)15-9-8-14(23-15)12-4-6-13(18)7-5-12/h4-9,11H,3,10H2,1-2H3,(H,19,20)/t11-/m0/s1. The van der Waals surface area contributed by atoms with Crippen LogP contribution < -0.4 is 5.32 Å². The Kier molecular flexibility index (Phi) is 5.87. The maximum atomic E-state index is 12.9. The first-order chi connectivity index (χ1) is 11.0. The first kappa shape index (κ1) is 17.1. The van der Waals surface area contributed by atoms with E-state index in [4.69, 9.17) is 4.74 Å². The fraction of sp³-hybridized carbons (Fsp3) is 0.294. The second kappa shape index (κ2) is 7.87. The summed E-state index contributed by atoms with van der Waals surface area (Å²) in [6.45, 7) is 4.03. The van der Waals surface area contributed by atoms with Gasteiger partial charge in [0.1, 0.15) is 10.7 Å². The van der Waals surface area contributed by atoms with Crippen LogP contribution in [-0.2, 0) is 9.53 Å². The van der Waals surface area contributed by atoms with E-state index in [1.165, 1.54) is 30.4 Å². The van der Waals surface area contributed by atoms with Crippen LogP contribution in [0.1, 0.15) is 29.9 Å². The predicted octanol–water partition coefficient (Wildman–Crippen LogP) is 3.63. The van der Waals surface area contributed by atoms with Crippen LogP contribution in [0.4, 0.5) is 4.39 Å². The fourth-order valence-corrected chi connectivity index (χ4v) is 2.78. The van der Waals surface area contributed by atoms with Crippen molar-refractivity contribution in [3.8, 4) is 10.4 Å². The molecular weight excluding hydrogens is 317 g/mol. The molecule has 0 aliphatic carbocycles. The molecule has 0 aliphatic rings. The molecule has 0 saturated carbocycles. The van der Waals surface area contributed by atoms with Crippen molar-refractivity contribution in [3.63, 3.8) is 0 Å². The Hall–Kier alpha value is -2.21. The van der Waals surface area contributed by atoms with Crippen molar-refractivity contribution < 1.29 is 18.7 Å². The number of hydrogen-bond acceptors (Lipinski definition) is 4. The van der Waals surface area contributed by atoms with Crippen LogP contribution in [0, 0.1) is 5.82 Å². The molecular formula is C17H18FNO3S. The Morgan fingerprint density at radius 3 is 2.57 bits per heavy atom. The van der Waals surface area contributed by atoms with Gasteiger partial charge in [0, 0.05) is 11.4 Å². The smallest absolute Gasteiger partial charge is 0.349 e. The molecule has 1 N–H and O–H groups in total. The first-order valence-corrected chi connectivity index (χ1v) is 8.17. The molecule has 0 fully saturated rings. The van der Waals surface area contributed by atoms with Gasteiger partial charge in [0.25, 0.3) is 5.91 Å². The molecule has 6 heteroatoms. The first-order valence-electron chi connectivity index (χ1n) is 7.35. The van der Waals surface area contributed by atoms with E-state index in [0.29, 0.717) is 11.4 Å². The van der Waals surface area contributed by atoms with E-state index in [0.717, 1.165) is 16.9 Å². The Morgan fingerprint density at radius 1 is 1.22 bits per heavy atom. The average molecular weight is 335 g/mol. The number of ether oxygens (including phenoxy) is 1. The lowest BCUT2D eigenvalue weighted by molar-refractivity contribution is -0.129. The number of hydrogen-bond donors (Lipinski definition) is 1. The van der Waals surface area contributed by atoms with Crippen molar-refractivity contribution in [1.29, 1.82) is 0 Å². The highest BCUT2D eigenvalue weighted by Crippen LogP contribution is 2.28. The van der Waals surface area contributed by atoms with Gasteiger partial charge in [-0.3, -0.25) is 4.79 Å². The Labute approximate surface area is 138 Å². The molecule has 1 heterocycles. The van der Waals surface area contributed by atoms with Gasteiger partial charge < -0.3 is 10.1 Å². The van der Waals surface area contributed by atoms with Crippen LogP contribution in [0.15, 0.2) is 36.4 Å². The fourth-order valence-electron chi connectivity index (χ4n) is 1.88. The van der Waals surface area contributed by atoms with Crippen LogP contribution in [0.2, 0.25) is 0 Å². The molecule has 0 saturated heterocycles. The number of rotatable bonds is 6. The largest absolute Gasteiger partial charge is 0.448 e. The van der Waals surface area contributed by atoms with Crippen LogP contribution in [-0.4, -0.2) is 24.5 Å². The maximum Gasteiger partial charge on any atom is 0.349 e. The SMILES string of the molecule is CCCNC(=O)[C@H](C)OC(=O)c1ccc(-c2ccc(F)cc2)s1. The molecule has 1 aromatic carbocycles. The minimum atomic E-state index is -0.842. The topological polar surface area (TPSA) is 55.4 Å². The van der Waals surface area contributed by atoms with Gasteiger partial charge in [-0.1, -0.05) is 19.1 Å². The van der Waals surface area contributed by atoms with Gasteiger partial charge in [-0.05, 0) is 43.2 Å². The minimum absolute atomic E-state index is 0.308. The summed E-state index contributed by atoms with van der Waals surface area (Å²) in [5.41, 5.74) is 0.823. The molecule has 0 unspecified atom stereocenters. The van der Waals surface area contributed by atoms with E-state index in [9.17, 15) is 14.0 Å². The Bertz CT molecular complexity index is 681. The summed E-state index contributed by atoms with van der Waals surface area (Å²) < 4.78 is 18.1. The minimum Gasteiger partial charge on any atom is -0.448 e. The molecule has 122 valence electrons. The summed E-state index contributed by atoms with van der Waals surface area (Å²) in [6.07, 6.45) is -0.0244. The van der Waals surface area contributed by atoms with E-state index >= 15 is 0 Å². The van der Waals surface area contributed by atoms with Crippen molar-refractivity contribution in [2.45, 2.75) is 26.4 Å². The van der Waals surface area contributed by atoms with Crippen LogP contribution >= 0.6 is 11.3 Å². The number of amides is 1. The zero-order valence-corrected chi connectivity index (χ0v) is 13.8. The van der Waals surface area contributed by atoms with Gasteiger partial charge in [-0.15, -0.1) is 11.3 Å². The number of carbonyl (C=O) groups excluding carboxylic acids is 2. The van der Waals surface area contributed by atoms with E-state index in [-0.39, 0.29) is 11.7 Å². The number of carbonyl (C=O) groups is 2. The zero-order valence-electron chi connectivity index (χ0n) is 13.0. The Morgan fingerprint density at radius 2 is 1.91 bits per heavy atom. The van der Waals surface area contributed by atoms with Gasteiger partial charge in [0.2, 0.25) is 0 Å². The molecule has 1 atom stereocenters. The quantitative estimate of drug-likeness (QED) is 0.820. The lowest BCUT2D eigenvalue weighted by Gasteiger charge is -2.12. The highest BCUT2D eigenvalue weighted by Gasteiger charge is 2.19. The van der Waals surface area contributed by atoms with Crippen molar-refractivity contribution in [2.75, 3.05) is 6.54 Å². The lowest BCUT2D eigenvalue weighted by Crippen LogP contribution is -2.36. The third kappa shape index (κ3) is 4.63. The normalized spacial score (nSPS) is 11.8.